The Morgan fingerprint density at radius 2 is 2.19 bits per heavy atom. The third-order valence-corrected chi connectivity index (χ3v) is 4.77. The molecule has 1 aromatic heterocycles. The van der Waals surface area contributed by atoms with Crippen molar-refractivity contribution < 1.29 is 9.73 Å². The fraction of sp³-hybridized carbons (Fsp3) is 0.312. The molecule has 1 aliphatic heterocycles. The highest BCUT2D eigenvalue weighted by molar-refractivity contribution is 7.99. The summed E-state index contributed by atoms with van der Waals surface area (Å²) >= 11 is 1.54. The van der Waals surface area contributed by atoms with Crippen molar-refractivity contribution in [3.05, 3.63) is 34.9 Å². The van der Waals surface area contributed by atoms with Crippen LogP contribution in [0.3, 0.4) is 0 Å². The minimum atomic E-state index is -0.314. The number of ether oxygens (including phenoxy) is 1. The second-order valence-electron chi connectivity index (χ2n) is 5.66. The van der Waals surface area contributed by atoms with Crippen molar-refractivity contribution in [3.63, 3.8) is 0 Å². The number of para-hydroxylation sites is 1. The number of guanidine groups is 1. The molecule has 0 spiro atoms. The Balaban J connectivity index is 1.80. The van der Waals surface area contributed by atoms with Crippen LogP contribution in [-0.4, -0.2) is 35.2 Å². The number of benzene rings is 1. The number of anilines is 2. The van der Waals surface area contributed by atoms with Gasteiger partial charge in [-0.2, -0.15) is 4.98 Å². The van der Waals surface area contributed by atoms with E-state index in [1.165, 1.54) is 0 Å². The number of aromatic nitrogens is 2. The molecule has 0 saturated heterocycles. The third-order valence-electron chi connectivity index (χ3n) is 3.69. The molecule has 138 valence electrons. The van der Waals surface area contributed by atoms with E-state index in [0.29, 0.717) is 44.2 Å². The van der Waals surface area contributed by atoms with Gasteiger partial charge in [0, 0.05) is 24.2 Å². The van der Waals surface area contributed by atoms with Crippen molar-refractivity contribution in [3.8, 4) is 5.75 Å². The van der Waals surface area contributed by atoms with Crippen molar-refractivity contribution in [2.45, 2.75) is 22.8 Å². The highest BCUT2D eigenvalue weighted by atomic mass is 32.2. The number of hydrogen-bond donors (Lipinski definition) is 5. The van der Waals surface area contributed by atoms with E-state index in [1.807, 2.05) is 24.4 Å². The van der Waals surface area contributed by atoms with Gasteiger partial charge in [0.1, 0.15) is 12.4 Å². The van der Waals surface area contributed by atoms with Crippen LogP contribution in [-0.2, 0) is 6.54 Å². The Labute approximate surface area is 154 Å². The van der Waals surface area contributed by atoms with E-state index in [0.717, 1.165) is 15.5 Å². The van der Waals surface area contributed by atoms with Gasteiger partial charge in [0.2, 0.25) is 0 Å². The van der Waals surface area contributed by atoms with Crippen LogP contribution in [0.15, 0.2) is 39.0 Å². The van der Waals surface area contributed by atoms with E-state index in [-0.39, 0.29) is 11.6 Å². The minimum Gasteiger partial charge on any atom is -0.490 e. The zero-order valence-electron chi connectivity index (χ0n) is 14.2. The minimum absolute atomic E-state index is 0.171. The first-order chi connectivity index (χ1) is 12.6. The molecule has 1 aromatic carbocycles. The average molecular weight is 376 g/mol. The highest BCUT2D eigenvalue weighted by Gasteiger charge is 2.21. The van der Waals surface area contributed by atoms with Crippen molar-refractivity contribution >= 4 is 29.2 Å². The van der Waals surface area contributed by atoms with Gasteiger partial charge in [-0.1, -0.05) is 17.8 Å². The summed E-state index contributed by atoms with van der Waals surface area (Å²) in [7, 11) is 0. The molecule has 10 heteroatoms. The lowest BCUT2D eigenvalue weighted by atomic mass is 10.3. The molecule has 9 nitrogen and oxygen atoms in total. The Kier molecular flexibility index (Phi) is 5.64. The van der Waals surface area contributed by atoms with E-state index in [2.05, 4.69) is 15.3 Å². The molecule has 0 fully saturated rings. The predicted molar refractivity (Wildman–Crippen MR) is 101 cm³/mol. The van der Waals surface area contributed by atoms with Gasteiger partial charge in [-0.15, -0.1) is 0 Å². The van der Waals surface area contributed by atoms with Crippen LogP contribution in [0.5, 0.6) is 5.75 Å². The van der Waals surface area contributed by atoms with Crippen LogP contribution in [0, 0.1) is 0 Å². The summed E-state index contributed by atoms with van der Waals surface area (Å²) in [6, 6.07) is 5.78. The fourth-order valence-corrected chi connectivity index (χ4v) is 3.54. The molecule has 2 heterocycles. The number of nitrogens with two attached hydrogens (primary N) is 3. The van der Waals surface area contributed by atoms with Crippen LogP contribution in [0.25, 0.3) is 0 Å². The summed E-state index contributed by atoms with van der Waals surface area (Å²) in [5.74, 6) is 1.40. The molecule has 2 aromatic rings. The SMILES string of the molecule is NCCOc1cccc2c1Nc1nc(=O)n(CCC[NH+]=C(N)N)cc1S2. The van der Waals surface area contributed by atoms with E-state index in [4.69, 9.17) is 21.9 Å². The summed E-state index contributed by atoms with van der Waals surface area (Å²) < 4.78 is 7.25. The van der Waals surface area contributed by atoms with Gasteiger partial charge in [-0.25, -0.2) is 4.79 Å². The van der Waals surface area contributed by atoms with Crippen LogP contribution in [0.2, 0.25) is 0 Å². The molecule has 0 aliphatic carbocycles. The maximum Gasteiger partial charge on any atom is 0.349 e. The van der Waals surface area contributed by atoms with Crippen LogP contribution in [0.4, 0.5) is 11.5 Å². The largest absolute Gasteiger partial charge is 0.490 e. The van der Waals surface area contributed by atoms with Crippen molar-refractivity contribution in [2.24, 2.45) is 17.2 Å². The van der Waals surface area contributed by atoms with Crippen LogP contribution in [0.1, 0.15) is 6.42 Å². The normalized spacial score (nSPS) is 11.9. The molecule has 0 bridgehead atoms. The lowest BCUT2D eigenvalue weighted by molar-refractivity contribution is -0.460. The quantitative estimate of drug-likeness (QED) is 0.191. The maximum atomic E-state index is 12.3. The van der Waals surface area contributed by atoms with Crippen molar-refractivity contribution in [2.75, 3.05) is 25.0 Å². The molecule has 3 rings (SSSR count). The summed E-state index contributed by atoms with van der Waals surface area (Å²) in [6.07, 6.45) is 2.51. The summed E-state index contributed by atoms with van der Waals surface area (Å²) in [5.41, 5.74) is 16.7. The van der Waals surface area contributed by atoms with Crippen molar-refractivity contribution in [1.82, 2.24) is 9.55 Å². The topological polar surface area (TPSA) is 148 Å². The van der Waals surface area contributed by atoms with Crippen LogP contribution >= 0.6 is 11.8 Å². The molecule has 26 heavy (non-hydrogen) atoms. The number of rotatable bonds is 7. The number of hydrogen-bond acceptors (Lipinski definition) is 6. The van der Waals surface area contributed by atoms with E-state index >= 15 is 0 Å². The molecule has 8 N–H and O–H groups in total. The number of nitrogens with zero attached hydrogens (tertiary/aromatic N) is 2. The van der Waals surface area contributed by atoms with Crippen LogP contribution < -0.4 is 37.9 Å². The molecule has 0 saturated carbocycles. The number of aryl methyl sites for hydroxylation is 1. The molecule has 0 radical (unpaired) electrons. The first-order valence-corrected chi connectivity index (χ1v) is 9.04. The van der Waals surface area contributed by atoms with Gasteiger partial charge in [-0.05, 0) is 18.6 Å². The molecule has 0 unspecified atom stereocenters. The second kappa shape index (κ2) is 8.11. The Hall–Kier alpha value is -2.72. The number of fused-ring (bicyclic) bond motifs is 2. The Bertz CT molecular complexity index is 877. The third kappa shape index (κ3) is 4.09. The van der Waals surface area contributed by atoms with Gasteiger partial charge in [0.25, 0.3) is 0 Å². The zero-order chi connectivity index (χ0) is 18.5. The van der Waals surface area contributed by atoms with Gasteiger partial charge < -0.3 is 15.8 Å². The first-order valence-electron chi connectivity index (χ1n) is 8.22. The lowest BCUT2D eigenvalue weighted by Crippen LogP contribution is -2.78. The van der Waals surface area contributed by atoms with Crippen molar-refractivity contribution in [1.29, 1.82) is 0 Å². The molecular weight excluding hydrogens is 354 g/mol. The summed E-state index contributed by atoms with van der Waals surface area (Å²) in [4.78, 5) is 21.2. The fourth-order valence-electron chi connectivity index (χ4n) is 2.52. The average Bonchev–Trinajstić information content (AvgIpc) is 2.62. The number of nitrogens with one attached hydrogen (secondary N) is 2. The second-order valence-corrected chi connectivity index (χ2v) is 6.74. The summed E-state index contributed by atoms with van der Waals surface area (Å²) in [5, 5.41) is 3.21. The Morgan fingerprint density at radius 1 is 1.35 bits per heavy atom. The molecule has 0 amide bonds. The van der Waals surface area contributed by atoms with E-state index < -0.39 is 0 Å². The standard InChI is InChI=1S/C16H21N7O2S/c17-5-8-25-10-3-1-4-11-13(10)21-14-12(26-11)9-23(16(24)22-14)7-2-6-20-15(18)19/h1,3-4,9H,2,5-8,17H2,(H4,18,19,20)(H,21,22,24)/p+1. The van der Waals surface area contributed by atoms with E-state index in [9.17, 15) is 4.79 Å². The van der Waals surface area contributed by atoms with Gasteiger partial charge in [-0.3, -0.25) is 21.0 Å². The van der Waals surface area contributed by atoms with Gasteiger partial charge >= 0.3 is 11.6 Å². The Morgan fingerprint density at radius 3 is 2.96 bits per heavy atom. The monoisotopic (exact) mass is 376 g/mol. The zero-order valence-corrected chi connectivity index (χ0v) is 15.0. The first kappa shape index (κ1) is 18.1. The summed E-state index contributed by atoms with van der Waals surface area (Å²) in [6.45, 7) is 1.95. The highest BCUT2D eigenvalue weighted by Crippen LogP contribution is 2.46. The maximum absolute atomic E-state index is 12.3. The van der Waals surface area contributed by atoms with Gasteiger partial charge in [0.15, 0.2) is 5.82 Å². The molecule has 0 atom stereocenters. The predicted octanol–water partition coefficient (Wildman–Crippen LogP) is -1.47. The lowest BCUT2D eigenvalue weighted by Gasteiger charge is -2.22. The molecular formula is C16H22N7O2S+. The molecule has 1 aliphatic rings. The van der Waals surface area contributed by atoms with Gasteiger partial charge in [0.05, 0.1) is 17.1 Å². The van der Waals surface area contributed by atoms with E-state index in [1.54, 1.807) is 16.3 Å². The smallest absolute Gasteiger partial charge is 0.349 e.